The van der Waals surface area contributed by atoms with Crippen molar-refractivity contribution in [2.45, 2.75) is 58.8 Å². The second kappa shape index (κ2) is 9.05. The van der Waals surface area contributed by atoms with E-state index < -0.39 is 0 Å². The first-order valence-corrected chi connectivity index (χ1v) is 5.42. The number of hydrogen-bond acceptors (Lipinski definition) is 1. The van der Waals surface area contributed by atoms with E-state index in [2.05, 4.69) is 13.8 Å². The third kappa shape index (κ3) is 8.06. The van der Waals surface area contributed by atoms with Crippen LogP contribution in [-0.2, 0) is 0 Å². The molecule has 0 unspecified atom stereocenters. The number of rotatable bonds is 2. The van der Waals surface area contributed by atoms with Crippen LogP contribution in [0.3, 0.4) is 0 Å². The van der Waals surface area contributed by atoms with Crippen LogP contribution in [0.15, 0.2) is 0 Å². The fourth-order valence-corrected chi connectivity index (χ4v) is 1.46. The predicted molar refractivity (Wildman–Crippen MR) is 54.2 cm³/mol. The van der Waals surface area contributed by atoms with E-state index in [1.807, 2.05) is 0 Å². The van der Waals surface area contributed by atoms with Crippen LogP contribution in [0.25, 0.3) is 0 Å². The van der Waals surface area contributed by atoms with E-state index >= 15 is 0 Å². The van der Waals surface area contributed by atoms with Crippen LogP contribution in [0.5, 0.6) is 0 Å². The molecule has 0 spiro atoms. The molecule has 0 bridgehead atoms. The van der Waals surface area contributed by atoms with Gasteiger partial charge in [0, 0.05) is 6.61 Å². The van der Waals surface area contributed by atoms with Gasteiger partial charge < -0.3 is 5.11 Å². The highest BCUT2D eigenvalue weighted by Crippen LogP contribution is 2.21. The third-order valence-corrected chi connectivity index (χ3v) is 2.41. The molecule has 1 aliphatic rings. The average Bonchev–Trinajstić information content (AvgIpc) is 2.08. The van der Waals surface area contributed by atoms with Gasteiger partial charge in [0.1, 0.15) is 0 Å². The van der Waals surface area contributed by atoms with Gasteiger partial charge in [-0.2, -0.15) is 0 Å². The maximum atomic E-state index is 8.07. The van der Waals surface area contributed by atoms with Crippen LogP contribution in [-0.4, -0.2) is 11.7 Å². The lowest BCUT2D eigenvalue weighted by atomic mass is 9.91. The molecule has 1 rings (SSSR count). The molecule has 1 aliphatic carbocycles. The first kappa shape index (κ1) is 12.0. The molecule has 0 atom stereocenters. The minimum Gasteiger partial charge on any atom is -0.396 e. The molecule has 0 aromatic carbocycles. The summed E-state index contributed by atoms with van der Waals surface area (Å²) >= 11 is 0. The lowest BCUT2D eigenvalue weighted by molar-refractivity contribution is 0.287. The topological polar surface area (TPSA) is 20.2 Å². The molecule has 0 aromatic heterocycles. The molecule has 1 heteroatoms. The summed E-state index contributed by atoms with van der Waals surface area (Å²) in [5.74, 6) is 1.04. The van der Waals surface area contributed by atoms with Crippen LogP contribution >= 0.6 is 0 Å². The Morgan fingerprint density at radius 2 is 1.75 bits per heavy atom. The van der Waals surface area contributed by atoms with Gasteiger partial charge in [0.15, 0.2) is 0 Å². The van der Waals surface area contributed by atoms with Crippen molar-refractivity contribution in [3.8, 4) is 0 Å². The zero-order valence-electron chi connectivity index (χ0n) is 8.68. The summed E-state index contributed by atoms with van der Waals surface area (Å²) in [7, 11) is 0. The van der Waals surface area contributed by atoms with E-state index in [1.165, 1.54) is 32.1 Å². The third-order valence-electron chi connectivity index (χ3n) is 2.41. The highest BCUT2D eigenvalue weighted by molar-refractivity contribution is 4.59. The summed E-state index contributed by atoms with van der Waals surface area (Å²) in [5, 5.41) is 8.07. The van der Waals surface area contributed by atoms with Crippen molar-refractivity contribution < 1.29 is 5.11 Å². The molecule has 0 amide bonds. The monoisotopic (exact) mass is 172 g/mol. The molecule has 0 saturated heterocycles. The quantitative estimate of drug-likeness (QED) is 0.677. The standard InChI is InChI=1S/C7H14.C4H10O/c1-7-5-3-2-4-6-7;1-2-3-4-5/h7H,2-6H2,1H3;5H,2-4H2,1H3. The highest BCUT2D eigenvalue weighted by atomic mass is 16.2. The zero-order chi connectivity index (χ0) is 9.23. The molecule has 0 aromatic rings. The van der Waals surface area contributed by atoms with Crippen LogP contribution in [0.4, 0.5) is 0 Å². The molecule has 12 heavy (non-hydrogen) atoms. The van der Waals surface area contributed by atoms with Gasteiger partial charge in [-0.25, -0.2) is 0 Å². The minimum absolute atomic E-state index is 0.344. The molecular formula is C11H24O. The van der Waals surface area contributed by atoms with Gasteiger partial charge in [0.05, 0.1) is 0 Å². The van der Waals surface area contributed by atoms with Crippen molar-refractivity contribution in [1.82, 2.24) is 0 Å². The Balaban J connectivity index is 0.000000217. The Bertz CT molecular complexity index is 73.1. The number of hydrogen-bond donors (Lipinski definition) is 1. The fourth-order valence-electron chi connectivity index (χ4n) is 1.46. The lowest BCUT2D eigenvalue weighted by Gasteiger charge is -2.15. The summed E-state index contributed by atoms with van der Waals surface area (Å²) in [5.41, 5.74) is 0. The van der Waals surface area contributed by atoms with Crippen molar-refractivity contribution in [3.05, 3.63) is 0 Å². The molecule has 1 N–H and O–H groups in total. The Morgan fingerprint density at radius 3 is 1.92 bits per heavy atom. The fraction of sp³-hybridized carbons (Fsp3) is 1.00. The maximum absolute atomic E-state index is 8.07. The number of aliphatic hydroxyl groups is 1. The first-order chi connectivity index (χ1) is 5.81. The number of unbranched alkanes of at least 4 members (excludes halogenated alkanes) is 1. The number of aliphatic hydroxyl groups excluding tert-OH is 1. The van der Waals surface area contributed by atoms with Gasteiger partial charge in [0.2, 0.25) is 0 Å². The normalized spacial score (nSPS) is 18.2. The second-order valence-corrected chi connectivity index (χ2v) is 3.82. The summed E-state index contributed by atoms with van der Waals surface area (Å²) in [6.45, 7) is 4.76. The molecular weight excluding hydrogens is 148 g/mol. The van der Waals surface area contributed by atoms with Gasteiger partial charge in [-0.15, -0.1) is 0 Å². The Kier molecular flexibility index (Phi) is 9.02. The van der Waals surface area contributed by atoms with Crippen LogP contribution in [0, 0.1) is 5.92 Å². The van der Waals surface area contributed by atoms with Gasteiger partial charge in [-0.1, -0.05) is 52.4 Å². The molecule has 1 saturated carbocycles. The first-order valence-electron chi connectivity index (χ1n) is 5.42. The minimum atomic E-state index is 0.344. The smallest absolute Gasteiger partial charge is 0.0430 e. The van der Waals surface area contributed by atoms with E-state index in [0.29, 0.717) is 6.61 Å². The molecule has 1 nitrogen and oxygen atoms in total. The average molecular weight is 172 g/mol. The molecule has 0 heterocycles. The van der Waals surface area contributed by atoms with E-state index in [0.717, 1.165) is 18.8 Å². The van der Waals surface area contributed by atoms with Crippen molar-refractivity contribution >= 4 is 0 Å². The van der Waals surface area contributed by atoms with Crippen molar-refractivity contribution in [2.24, 2.45) is 5.92 Å². The molecule has 1 fully saturated rings. The predicted octanol–water partition coefficient (Wildman–Crippen LogP) is 3.37. The Morgan fingerprint density at radius 1 is 1.17 bits per heavy atom. The van der Waals surface area contributed by atoms with Crippen molar-refractivity contribution in [2.75, 3.05) is 6.61 Å². The molecule has 0 radical (unpaired) electrons. The van der Waals surface area contributed by atoms with Crippen molar-refractivity contribution in [3.63, 3.8) is 0 Å². The lowest BCUT2D eigenvalue weighted by Crippen LogP contribution is -1.99. The van der Waals surface area contributed by atoms with E-state index in [4.69, 9.17) is 5.11 Å². The summed E-state index contributed by atoms with van der Waals surface area (Å²) in [4.78, 5) is 0. The van der Waals surface area contributed by atoms with Gasteiger partial charge in [-0.05, 0) is 12.3 Å². The summed E-state index contributed by atoms with van der Waals surface area (Å²) in [6, 6.07) is 0. The Labute approximate surface area is 77.2 Å². The summed E-state index contributed by atoms with van der Waals surface area (Å²) in [6.07, 6.45) is 9.48. The van der Waals surface area contributed by atoms with E-state index in [1.54, 1.807) is 0 Å². The van der Waals surface area contributed by atoms with Crippen molar-refractivity contribution in [1.29, 1.82) is 0 Å². The van der Waals surface area contributed by atoms with Gasteiger partial charge >= 0.3 is 0 Å². The second-order valence-electron chi connectivity index (χ2n) is 3.82. The SMILES string of the molecule is CC1CCCCC1.CCCCO. The molecule has 0 aliphatic heterocycles. The van der Waals surface area contributed by atoms with Crippen LogP contribution < -0.4 is 0 Å². The van der Waals surface area contributed by atoms with Crippen LogP contribution in [0.2, 0.25) is 0 Å². The molecule has 74 valence electrons. The van der Waals surface area contributed by atoms with E-state index in [-0.39, 0.29) is 0 Å². The Hall–Kier alpha value is -0.0400. The van der Waals surface area contributed by atoms with Gasteiger partial charge in [-0.3, -0.25) is 0 Å². The zero-order valence-corrected chi connectivity index (χ0v) is 8.68. The summed E-state index contributed by atoms with van der Waals surface area (Å²) < 4.78 is 0. The van der Waals surface area contributed by atoms with E-state index in [9.17, 15) is 0 Å². The van der Waals surface area contributed by atoms with Gasteiger partial charge in [0.25, 0.3) is 0 Å². The van der Waals surface area contributed by atoms with Crippen LogP contribution in [0.1, 0.15) is 58.8 Å². The highest BCUT2D eigenvalue weighted by Gasteiger charge is 2.05. The maximum Gasteiger partial charge on any atom is 0.0430 e. The largest absolute Gasteiger partial charge is 0.396 e.